The first kappa shape index (κ1) is 32.9. The van der Waals surface area contributed by atoms with Crippen LogP contribution < -0.4 is 43.9 Å². The Morgan fingerprint density at radius 3 is 1.30 bits per heavy atom. The second kappa shape index (κ2) is 13.7. The monoisotopic (exact) mass is 664 g/mol. The number of benzene rings is 4. The fourth-order valence-corrected chi connectivity index (χ4v) is 4.61. The second-order valence-corrected chi connectivity index (χ2v) is 9.17. The first-order chi connectivity index (χ1) is 21.4. The van der Waals surface area contributed by atoms with Crippen LogP contribution in [0.3, 0.4) is 0 Å². The van der Waals surface area contributed by atoms with Gasteiger partial charge in [-0.15, -0.1) is 0 Å². The number of non-ortho nitro benzene ring substituents is 2. The maximum absolute atomic E-state index is 11.0. The molecule has 6 rings (SSSR count). The number of nitrogens with zero attached hydrogens (tertiary/aromatic N) is 10. The van der Waals surface area contributed by atoms with Crippen molar-refractivity contribution >= 4 is 11.4 Å². The van der Waals surface area contributed by atoms with Crippen molar-refractivity contribution in [1.82, 2.24) is 30.0 Å². The molecule has 2 heterocycles. The van der Waals surface area contributed by atoms with Gasteiger partial charge in [-0.2, -0.15) is 0 Å². The van der Waals surface area contributed by atoms with Gasteiger partial charge < -0.3 is 34.3 Å². The van der Waals surface area contributed by atoms with Gasteiger partial charge in [0.1, 0.15) is 22.9 Å². The first-order valence-electron chi connectivity index (χ1n) is 12.9. The highest BCUT2D eigenvalue weighted by Gasteiger charge is 2.22. The Balaban J connectivity index is 0.00000240. The number of tetrazole rings is 2. The third-order valence-corrected chi connectivity index (χ3v) is 6.71. The molecule has 0 saturated carbocycles. The molecule has 0 atom stereocenters. The van der Waals surface area contributed by atoms with Crippen LogP contribution in [0.5, 0.6) is 11.5 Å². The molecule has 16 nitrogen and oxygen atoms in total. The Morgan fingerprint density at radius 1 is 0.609 bits per heavy atom. The molecule has 0 saturated heterocycles. The molecule has 0 aliphatic rings. The summed E-state index contributed by atoms with van der Waals surface area (Å²) < 4.78 is 11.5. The molecule has 0 bridgehead atoms. The third kappa shape index (κ3) is 6.15. The van der Waals surface area contributed by atoms with Crippen LogP contribution in [0.15, 0.2) is 97.6 Å². The van der Waals surface area contributed by atoms with Crippen molar-refractivity contribution in [3.05, 3.63) is 118 Å². The molecule has 18 heteroatoms. The zero-order valence-corrected chi connectivity index (χ0v) is 25.4. The van der Waals surface area contributed by atoms with Crippen LogP contribution in [-0.4, -0.2) is 54.1 Å². The van der Waals surface area contributed by atoms with Crippen LogP contribution in [-0.2, 0) is 0 Å². The summed E-state index contributed by atoms with van der Waals surface area (Å²) in [7, 11) is 3.11. The number of hydrogen-bond donors (Lipinski definition) is 0. The van der Waals surface area contributed by atoms with E-state index < -0.39 is 9.85 Å². The highest BCUT2D eigenvalue weighted by Crippen LogP contribution is 2.38. The van der Waals surface area contributed by atoms with E-state index in [-0.39, 0.29) is 36.2 Å². The van der Waals surface area contributed by atoms with Crippen molar-refractivity contribution in [3.8, 4) is 45.4 Å². The topological polar surface area (TPSA) is 174 Å². The largest absolute Gasteiger partial charge is 1.00 e. The van der Waals surface area contributed by atoms with Gasteiger partial charge in [-0.1, -0.05) is 0 Å². The van der Waals surface area contributed by atoms with Crippen molar-refractivity contribution in [2.24, 2.45) is 0 Å². The van der Waals surface area contributed by atoms with E-state index in [0.29, 0.717) is 34.2 Å². The zero-order valence-electron chi connectivity index (χ0n) is 23.9. The Kier molecular flexibility index (Phi) is 9.83. The SMILES string of the molecule is COc1cc(-n2ncn[n+]2-c2ccc([N+](=O)[O-])cc2)ccc1-c1ccc(-n2ncn[n+]2-c2ccc([N+](=O)[O-])cc2)cc1OC.[Cl-].[Cl-]. The molecular weight excluding hydrogens is 643 g/mol. The highest BCUT2D eigenvalue weighted by atomic mass is 35.5. The van der Waals surface area contributed by atoms with E-state index in [0.717, 1.165) is 11.1 Å². The summed E-state index contributed by atoms with van der Waals surface area (Å²) in [5.74, 6) is 1.06. The van der Waals surface area contributed by atoms with Crippen molar-refractivity contribution in [1.29, 1.82) is 0 Å². The van der Waals surface area contributed by atoms with E-state index >= 15 is 0 Å². The van der Waals surface area contributed by atoms with Gasteiger partial charge in [-0.3, -0.25) is 20.2 Å². The lowest BCUT2D eigenvalue weighted by Crippen LogP contribution is -3.00. The van der Waals surface area contributed by atoms with Crippen LogP contribution in [0.2, 0.25) is 0 Å². The summed E-state index contributed by atoms with van der Waals surface area (Å²) in [6.07, 6.45) is 2.74. The first-order valence-corrected chi connectivity index (χ1v) is 12.9. The summed E-state index contributed by atoms with van der Waals surface area (Å²) in [5.41, 5.74) is 3.83. The minimum absolute atomic E-state index is 0. The van der Waals surface area contributed by atoms with Gasteiger partial charge in [0.2, 0.25) is 0 Å². The van der Waals surface area contributed by atoms with Crippen molar-refractivity contribution < 1.29 is 53.7 Å². The van der Waals surface area contributed by atoms with Gasteiger partial charge >= 0.3 is 0 Å². The average molecular weight is 665 g/mol. The molecule has 4 aromatic carbocycles. The van der Waals surface area contributed by atoms with Crippen LogP contribution >= 0.6 is 0 Å². The quantitative estimate of drug-likeness (QED) is 0.0875. The van der Waals surface area contributed by atoms with E-state index in [9.17, 15) is 20.2 Å². The molecule has 0 fully saturated rings. The number of hydrogen-bond acceptors (Lipinski definition) is 10. The van der Waals surface area contributed by atoms with Gasteiger partial charge in [0, 0.05) is 57.1 Å². The lowest BCUT2D eigenvalue weighted by molar-refractivity contribution is -0.735. The highest BCUT2D eigenvalue weighted by molar-refractivity contribution is 5.78. The second-order valence-electron chi connectivity index (χ2n) is 9.17. The molecule has 46 heavy (non-hydrogen) atoms. The van der Waals surface area contributed by atoms with E-state index in [1.165, 1.54) is 56.1 Å². The Bertz CT molecular complexity index is 1870. The smallest absolute Gasteiger partial charge is 0.297 e. The Morgan fingerprint density at radius 2 is 0.978 bits per heavy atom. The minimum atomic E-state index is -0.466. The third-order valence-electron chi connectivity index (χ3n) is 6.71. The number of aromatic nitrogens is 8. The molecule has 234 valence electrons. The standard InChI is InChI=1S/C28H22N10O6.2ClH/c1-43-27-15-23(35-31-17-29-33(35)19-3-7-21(8-4-19)37(39)40)11-13-25(27)26-14-12-24(16-28(26)44-2)36-32-18-30-34(36)20-5-9-22(10-6-20)38(41)42;;/h3-18H,1-2H3;2*1H/q+2;;/p-2. The maximum atomic E-state index is 11.0. The number of methoxy groups -OCH3 is 2. The molecule has 0 radical (unpaired) electrons. The van der Waals surface area contributed by atoms with Gasteiger partial charge in [0.05, 0.1) is 34.3 Å². The van der Waals surface area contributed by atoms with Crippen LogP contribution in [0.25, 0.3) is 33.9 Å². The van der Waals surface area contributed by atoms with E-state index in [2.05, 4.69) is 20.4 Å². The molecule has 0 unspecified atom stereocenters. The normalized spacial score (nSPS) is 10.4. The van der Waals surface area contributed by atoms with Crippen molar-refractivity contribution in [2.45, 2.75) is 0 Å². The lowest BCUT2D eigenvalue weighted by atomic mass is 10.0. The lowest BCUT2D eigenvalue weighted by Gasteiger charge is -2.14. The van der Waals surface area contributed by atoms with E-state index in [4.69, 9.17) is 9.47 Å². The molecule has 0 aliphatic heterocycles. The number of ether oxygens (including phenoxy) is 2. The Hall–Kier alpha value is -6.00. The summed E-state index contributed by atoms with van der Waals surface area (Å²) in [4.78, 5) is 27.3. The molecule has 0 aliphatic carbocycles. The maximum Gasteiger partial charge on any atom is 0.297 e. The predicted octanol–water partition coefficient (Wildman–Crippen LogP) is -3.09. The summed E-state index contributed by atoms with van der Waals surface area (Å²) in [6.45, 7) is 0. The summed E-state index contributed by atoms with van der Waals surface area (Å²) in [5, 5.41) is 39.3. The molecule has 0 N–H and O–H groups in total. The van der Waals surface area contributed by atoms with Gasteiger partial charge in [-0.25, -0.2) is 0 Å². The molecule has 0 spiro atoms. The van der Waals surface area contributed by atoms with Crippen LogP contribution in [0.4, 0.5) is 11.4 Å². The van der Waals surface area contributed by atoms with E-state index in [1.54, 1.807) is 50.6 Å². The molecule has 2 aromatic heterocycles. The number of halogens is 2. The number of nitro benzene ring substituents is 2. The average Bonchev–Trinajstić information content (AvgIpc) is 3.75. The van der Waals surface area contributed by atoms with Crippen LogP contribution in [0, 0.1) is 20.2 Å². The van der Waals surface area contributed by atoms with Gasteiger partial charge in [0.25, 0.3) is 24.0 Å². The van der Waals surface area contributed by atoms with Crippen molar-refractivity contribution in [2.75, 3.05) is 14.2 Å². The van der Waals surface area contributed by atoms with Crippen LogP contribution in [0.1, 0.15) is 0 Å². The number of rotatable bonds is 9. The fourth-order valence-electron chi connectivity index (χ4n) is 4.61. The van der Waals surface area contributed by atoms with E-state index in [1.807, 2.05) is 24.3 Å². The number of nitro groups is 2. The summed E-state index contributed by atoms with van der Waals surface area (Å²) >= 11 is 0. The molecular formula is C28H22Cl2N10O6. The molecule has 6 aromatic rings. The van der Waals surface area contributed by atoms with Gasteiger partial charge in [-0.05, 0) is 68.3 Å². The summed E-state index contributed by atoms with van der Waals surface area (Å²) in [6, 6.07) is 22.9. The predicted molar refractivity (Wildman–Crippen MR) is 151 cm³/mol. The zero-order chi connectivity index (χ0) is 30.8. The Labute approximate surface area is 272 Å². The molecule has 0 amide bonds. The van der Waals surface area contributed by atoms with Crippen molar-refractivity contribution in [3.63, 3.8) is 0 Å². The van der Waals surface area contributed by atoms with Gasteiger partial charge in [0.15, 0.2) is 11.4 Å². The minimum Gasteiger partial charge on any atom is -1.00 e. The fraction of sp³-hybridized carbons (Fsp3) is 0.0714.